The van der Waals surface area contributed by atoms with Crippen LogP contribution in [0.1, 0.15) is 61.2 Å². The summed E-state index contributed by atoms with van der Waals surface area (Å²) in [5, 5.41) is 15.7. The number of aliphatic hydroxyl groups is 1. The first-order chi connectivity index (χ1) is 21.7. The van der Waals surface area contributed by atoms with Gasteiger partial charge in [0.1, 0.15) is 23.5 Å². The van der Waals surface area contributed by atoms with E-state index in [9.17, 15) is 14.7 Å². The van der Waals surface area contributed by atoms with E-state index in [0.717, 1.165) is 42.2 Å². The van der Waals surface area contributed by atoms with E-state index in [1.807, 2.05) is 61.5 Å². The Bertz CT molecular complexity index is 1940. The lowest BCUT2D eigenvalue weighted by Gasteiger charge is -2.52. The van der Waals surface area contributed by atoms with Crippen LogP contribution in [-0.2, 0) is 0 Å². The maximum absolute atomic E-state index is 14.1. The molecule has 1 unspecified atom stereocenters. The molecule has 2 fully saturated rings. The number of hydrogen-bond acceptors (Lipinski definition) is 7. The van der Waals surface area contributed by atoms with Crippen LogP contribution in [0.4, 0.5) is 0 Å². The molecule has 2 saturated carbocycles. The smallest absolute Gasteiger partial charge is 0.336 e. The van der Waals surface area contributed by atoms with Gasteiger partial charge in [-0.15, -0.1) is 0 Å². The van der Waals surface area contributed by atoms with E-state index in [2.05, 4.69) is 19.2 Å². The van der Waals surface area contributed by atoms with Crippen LogP contribution in [0.2, 0.25) is 0 Å². The number of benzene rings is 3. The highest BCUT2D eigenvalue weighted by Gasteiger charge is 2.47. The second-order valence-corrected chi connectivity index (χ2v) is 13.2. The first kappa shape index (κ1) is 29.5. The molecular weight excluding hydrogens is 566 g/mol. The summed E-state index contributed by atoms with van der Waals surface area (Å²) in [5.41, 5.74) is 2.98. The highest BCUT2D eigenvalue weighted by Crippen LogP contribution is 2.48. The van der Waals surface area contributed by atoms with Gasteiger partial charge in [-0.1, -0.05) is 56.3 Å². The SMILES string of the molecule is Cc1cc(=O)oc2c1ccc1oc(C(=O)c3cccc(OCCN[C@@]45C[C@@H](O)C[C@@H](C4)C(C)[C@H](C)C5)c3)c(-c3ccccc3)c12. The fraction of sp³-hybridized carbons (Fsp3) is 0.368. The summed E-state index contributed by atoms with van der Waals surface area (Å²) in [6.07, 6.45) is 3.58. The van der Waals surface area contributed by atoms with Gasteiger partial charge in [0.15, 0.2) is 5.76 Å². The number of rotatable bonds is 8. The number of carbonyl (C=O) groups is 1. The van der Waals surface area contributed by atoms with Crippen molar-refractivity contribution < 1.29 is 23.5 Å². The molecule has 2 aromatic heterocycles. The minimum atomic E-state index is -0.452. The van der Waals surface area contributed by atoms with Crippen LogP contribution in [0.25, 0.3) is 33.1 Å². The molecule has 2 aliphatic rings. The monoisotopic (exact) mass is 605 g/mol. The maximum atomic E-state index is 14.1. The Hall–Kier alpha value is -4.20. The Morgan fingerprint density at radius 3 is 2.64 bits per heavy atom. The molecule has 7 heteroatoms. The summed E-state index contributed by atoms with van der Waals surface area (Å²) in [5.74, 6) is 2.27. The third-order valence-electron chi connectivity index (χ3n) is 10.2. The molecule has 232 valence electrons. The molecule has 2 heterocycles. The van der Waals surface area contributed by atoms with Crippen LogP contribution >= 0.6 is 0 Å². The first-order valence-corrected chi connectivity index (χ1v) is 16.0. The molecule has 2 aliphatic carbocycles. The van der Waals surface area contributed by atoms with Crippen LogP contribution in [-0.4, -0.2) is 35.7 Å². The van der Waals surface area contributed by atoms with Crippen LogP contribution in [0.15, 0.2) is 86.4 Å². The molecule has 0 spiro atoms. The second-order valence-electron chi connectivity index (χ2n) is 13.2. The number of hydrogen-bond donors (Lipinski definition) is 2. The average molecular weight is 606 g/mol. The minimum absolute atomic E-state index is 0.0492. The number of carbonyl (C=O) groups excluding carboxylic acids is 1. The average Bonchev–Trinajstić information content (AvgIpc) is 3.42. The van der Waals surface area contributed by atoms with Gasteiger partial charge in [0.25, 0.3) is 0 Å². The van der Waals surface area contributed by atoms with Crippen LogP contribution < -0.4 is 15.7 Å². The fourth-order valence-corrected chi connectivity index (χ4v) is 7.95. The lowest BCUT2D eigenvalue weighted by Crippen LogP contribution is -2.58. The molecule has 7 nitrogen and oxygen atoms in total. The molecular formula is C38H39NO6. The van der Waals surface area contributed by atoms with E-state index in [1.54, 1.807) is 12.1 Å². The van der Waals surface area contributed by atoms with E-state index >= 15 is 0 Å². The molecule has 0 radical (unpaired) electrons. The van der Waals surface area contributed by atoms with Crippen molar-refractivity contribution in [2.75, 3.05) is 13.2 Å². The summed E-state index contributed by atoms with van der Waals surface area (Å²) in [6.45, 7) is 7.61. The zero-order valence-electron chi connectivity index (χ0n) is 26.0. The third-order valence-corrected chi connectivity index (χ3v) is 10.2. The van der Waals surface area contributed by atoms with Gasteiger partial charge in [-0.25, -0.2) is 4.79 Å². The summed E-state index contributed by atoms with van der Waals surface area (Å²) in [7, 11) is 0. The van der Waals surface area contributed by atoms with Crippen molar-refractivity contribution in [3.05, 3.63) is 100 Å². The predicted molar refractivity (Wildman–Crippen MR) is 175 cm³/mol. The standard InChI is InChI=1S/C38H39NO6/c1-22-16-32(41)45-36-30(22)12-13-31-34(36)33(25-8-5-4-6-9-25)37(44-31)35(42)26-10-7-11-29(18-26)43-15-14-39-38-19-23(2)24(3)27(20-38)17-28(40)21-38/h4-13,16,18,23-24,27-28,39-40H,14-15,17,19-21H2,1-3H3/t23-,24?,27+,28+,38-/m1/s1. The number of fused-ring (bicyclic) bond motifs is 5. The topological polar surface area (TPSA) is 102 Å². The Labute approximate surface area is 262 Å². The van der Waals surface area contributed by atoms with Crippen molar-refractivity contribution >= 4 is 27.7 Å². The summed E-state index contributed by atoms with van der Waals surface area (Å²) >= 11 is 0. The van der Waals surface area contributed by atoms with Gasteiger partial charge in [0, 0.05) is 34.7 Å². The molecule has 3 aromatic carbocycles. The number of aryl methyl sites for hydroxylation is 1. The third kappa shape index (κ3) is 5.49. The van der Waals surface area contributed by atoms with E-state index in [4.69, 9.17) is 13.6 Å². The Morgan fingerprint density at radius 2 is 1.82 bits per heavy atom. The predicted octanol–water partition coefficient (Wildman–Crippen LogP) is 7.29. The maximum Gasteiger partial charge on any atom is 0.336 e. The normalized spacial score (nSPS) is 24.6. The molecule has 0 saturated heterocycles. The van der Waals surface area contributed by atoms with Crippen LogP contribution in [0.5, 0.6) is 5.75 Å². The summed E-state index contributed by atoms with van der Waals surface area (Å²) < 4.78 is 18.1. The van der Waals surface area contributed by atoms with Crippen molar-refractivity contribution in [2.45, 2.75) is 58.1 Å². The largest absolute Gasteiger partial charge is 0.492 e. The number of ether oxygens (including phenoxy) is 1. The van der Waals surface area contributed by atoms with Gasteiger partial charge >= 0.3 is 5.63 Å². The first-order valence-electron chi connectivity index (χ1n) is 16.0. The summed E-state index contributed by atoms with van der Waals surface area (Å²) in [4.78, 5) is 26.5. The molecule has 5 aromatic rings. The zero-order valence-corrected chi connectivity index (χ0v) is 26.0. The highest BCUT2D eigenvalue weighted by molar-refractivity contribution is 6.20. The molecule has 0 aliphatic heterocycles. The van der Waals surface area contributed by atoms with Gasteiger partial charge in [-0.05, 0) is 85.8 Å². The number of nitrogens with one attached hydrogen (secondary N) is 1. The van der Waals surface area contributed by atoms with Gasteiger partial charge in [-0.2, -0.15) is 0 Å². The Kier molecular flexibility index (Phi) is 7.62. The Morgan fingerprint density at radius 1 is 1.00 bits per heavy atom. The lowest BCUT2D eigenvalue weighted by atomic mass is 9.59. The molecule has 7 rings (SSSR count). The molecule has 0 amide bonds. The zero-order chi connectivity index (χ0) is 31.3. The van der Waals surface area contributed by atoms with Gasteiger partial charge in [0.05, 0.1) is 11.5 Å². The molecule has 45 heavy (non-hydrogen) atoms. The van der Waals surface area contributed by atoms with Gasteiger partial charge in [0.2, 0.25) is 5.78 Å². The van der Waals surface area contributed by atoms with Crippen LogP contribution in [0.3, 0.4) is 0 Å². The van der Waals surface area contributed by atoms with E-state index in [0.29, 0.717) is 64.3 Å². The van der Waals surface area contributed by atoms with Crippen molar-refractivity contribution in [3.8, 4) is 16.9 Å². The van der Waals surface area contributed by atoms with Crippen molar-refractivity contribution in [3.63, 3.8) is 0 Å². The molecule has 5 atom stereocenters. The van der Waals surface area contributed by atoms with Gasteiger partial charge < -0.3 is 24.0 Å². The lowest BCUT2D eigenvalue weighted by molar-refractivity contribution is -0.0316. The minimum Gasteiger partial charge on any atom is -0.492 e. The van der Waals surface area contributed by atoms with Crippen LogP contribution in [0, 0.1) is 24.7 Å². The number of ketones is 1. The quantitative estimate of drug-likeness (QED) is 0.109. The van der Waals surface area contributed by atoms with E-state index in [-0.39, 0.29) is 23.2 Å². The van der Waals surface area contributed by atoms with Crippen molar-refractivity contribution in [1.29, 1.82) is 0 Å². The summed E-state index contributed by atoms with van der Waals surface area (Å²) in [6, 6.07) is 21.9. The Balaban J connectivity index is 1.15. The molecule has 2 bridgehead atoms. The van der Waals surface area contributed by atoms with Crippen molar-refractivity contribution in [1.82, 2.24) is 5.32 Å². The fourth-order valence-electron chi connectivity index (χ4n) is 7.95. The van der Waals surface area contributed by atoms with Gasteiger partial charge in [-0.3, -0.25) is 4.79 Å². The molecule has 2 N–H and O–H groups in total. The van der Waals surface area contributed by atoms with E-state index in [1.165, 1.54) is 6.07 Å². The number of furan rings is 1. The second kappa shape index (κ2) is 11.6. The number of aliphatic hydroxyl groups excluding tert-OH is 1. The van der Waals surface area contributed by atoms with E-state index < -0.39 is 5.63 Å². The van der Waals surface area contributed by atoms with Crippen molar-refractivity contribution in [2.24, 2.45) is 17.8 Å². The highest BCUT2D eigenvalue weighted by atomic mass is 16.5.